The third-order valence-electron chi connectivity index (χ3n) is 4.20. The Morgan fingerprint density at radius 1 is 1.39 bits per heavy atom. The molecule has 0 aromatic heterocycles. The number of hydrogen-bond donors (Lipinski definition) is 3. The van der Waals surface area contributed by atoms with Gasteiger partial charge in [-0.1, -0.05) is 6.92 Å². The molecule has 1 aliphatic heterocycles. The quantitative estimate of drug-likeness (QED) is 0.773. The first kappa shape index (κ1) is 17.9. The van der Waals surface area contributed by atoms with Crippen molar-refractivity contribution in [3.63, 3.8) is 0 Å². The average molecular weight is 337 g/mol. The Labute approximate surface area is 142 Å². The van der Waals surface area contributed by atoms with Crippen molar-refractivity contribution in [3.8, 4) is 0 Å². The number of anilines is 2. The van der Waals surface area contributed by atoms with Gasteiger partial charge in [-0.05, 0) is 44.0 Å². The molecule has 1 aromatic carbocycles. The van der Waals surface area contributed by atoms with Gasteiger partial charge in [-0.15, -0.1) is 0 Å². The van der Waals surface area contributed by atoms with Gasteiger partial charge in [0.25, 0.3) is 0 Å². The minimum absolute atomic E-state index is 0.234. The normalized spacial score (nSPS) is 17.5. The highest BCUT2D eigenvalue weighted by Crippen LogP contribution is 2.26. The maximum absolute atomic E-state index is 11.9. The monoisotopic (exact) mass is 337 g/mol. The van der Waals surface area contributed by atoms with Gasteiger partial charge in [0.15, 0.2) is 0 Å². The van der Waals surface area contributed by atoms with Gasteiger partial charge >= 0.3 is 6.03 Å². The lowest BCUT2D eigenvalue weighted by molar-refractivity contribution is 0.0587. The van der Waals surface area contributed by atoms with Gasteiger partial charge in [-0.3, -0.25) is 0 Å². The van der Waals surface area contributed by atoms with E-state index < -0.39 is 5.60 Å². The SMILES string of the molecule is CC[C@](C)(O)CNC(=O)Nc1ccc(N2CCSCC2)c(C)c1. The van der Waals surface area contributed by atoms with Crippen LogP contribution in [0.3, 0.4) is 0 Å². The zero-order valence-electron chi connectivity index (χ0n) is 14.2. The third-order valence-corrected chi connectivity index (χ3v) is 5.14. The topological polar surface area (TPSA) is 64.6 Å². The molecule has 0 radical (unpaired) electrons. The Kier molecular flexibility index (Phi) is 6.18. The molecule has 0 saturated carbocycles. The fourth-order valence-corrected chi connectivity index (χ4v) is 3.37. The zero-order chi connectivity index (χ0) is 16.9. The van der Waals surface area contributed by atoms with Crippen molar-refractivity contribution in [1.82, 2.24) is 5.32 Å². The average Bonchev–Trinajstić information content (AvgIpc) is 2.54. The van der Waals surface area contributed by atoms with Crippen molar-refractivity contribution >= 4 is 29.2 Å². The summed E-state index contributed by atoms with van der Waals surface area (Å²) >= 11 is 1.99. The Balaban J connectivity index is 1.93. The Hall–Kier alpha value is -1.40. The molecule has 1 heterocycles. The van der Waals surface area contributed by atoms with Crippen LogP contribution in [0, 0.1) is 6.92 Å². The van der Waals surface area contributed by atoms with E-state index in [1.807, 2.05) is 30.8 Å². The van der Waals surface area contributed by atoms with Crippen LogP contribution in [0.15, 0.2) is 18.2 Å². The summed E-state index contributed by atoms with van der Waals surface area (Å²) in [5.41, 5.74) is 2.30. The molecular formula is C17H27N3O2S. The zero-order valence-corrected chi connectivity index (χ0v) is 15.0. The number of hydrogen-bond acceptors (Lipinski definition) is 4. The second-order valence-electron chi connectivity index (χ2n) is 6.26. The molecular weight excluding hydrogens is 310 g/mol. The summed E-state index contributed by atoms with van der Waals surface area (Å²) in [4.78, 5) is 14.3. The lowest BCUT2D eigenvalue weighted by Gasteiger charge is -2.30. The Morgan fingerprint density at radius 2 is 2.09 bits per heavy atom. The van der Waals surface area contributed by atoms with Crippen molar-refractivity contribution in [3.05, 3.63) is 23.8 Å². The van der Waals surface area contributed by atoms with Gasteiger partial charge < -0.3 is 20.6 Å². The molecule has 0 spiro atoms. The van der Waals surface area contributed by atoms with Gasteiger partial charge in [0, 0.05) is 42.5 Å². The lowest BCUT2D eigenvalue weighted by Crippen LogP contribution is -2.41. The van der Waals surface area contributed by atoms with Gasteiger partial charge in [0.05, 0.1) is 5.60 Å². The van der Waals surface area contributed by atoms with Gasteiger partial charge in [-0.25, -0.2) is 4.79 Å². The molecule has 128 valence electrons. The summed E-state index contributed by atoms with van der Waals surface area (Å²) in [7, 11) is 0. The van der Waals surface area contributed by atoms with Crippen molar-refractivity contribution in [2.24, 2.45) is 0 Å². The smallest absolute Gasteiger partial charge is 0.319 e. The number of nitrogens with one attached hydrogen (secondary N) is 2. The van der Waals surface area contributed by atoms with E-state index in [1.165, 1.54) is 17.2 Å². The number of nitrogens with zero attached hydrogens (tertiary/aromatic N) is 1. The Bertz CT molecular complexity index is 543. The third kappa shape index (κ3) is 5.32. The van der Waals surface area contributed by atoms with E-state index in [4.69, 9.17) is 0 Å². The molecule has 1 fully saturated rings. The molecule has 0 bridgehead atoms. The predicted molar refractivity (Wildman–Crippen MR) is 98.7 cm³/mol. The Morgan fingerprint density at radius 3 is 2.70 bits per heavy atom. The molecule has 2 rings (SSSR count). The van der Waals surface area contributed by atoms with E-state index in [-0.39, 0.29) is 12.6 Å². The number of amides is 2. The molecule has 6 heteroatoms. The molecule has 1 aliphatic rings. The highest BCUT2D eigenvalue weighted by atomic mass is 32.2. The van der Waals surface area contributed by atoms with Crippen LogP contribution < -0.4 is 15.5 Å². The van der Waals surface area contributed by atoms with E-state index in [0.717, 1.165) is 24.3 Å². The van der Waals surface area contributed by atoms with Crippen molar-refractivity contribution in [2.75, 3.05) is 41.4 Å². The number of carbonyl (C=O) groups excluding carboxylic acids is 1. The fourth-order valence-electron chi connectivity index (χ4n) is 2.46. The number of benzene rings is 1. The van der Waals surface area contributed by atoms with Crippen LogP contribution in [0.2, 0.25) is 0 Å². The number of urea groups is 1. The van der Waals surface area contributed by atoms with Crippen molar-refractivity contribution in [1.29, 1.82) is 0 Å². The van der Waals surface area contributed by atoms with Crippen LogP contribution in [-0.4, -0.2) is 47.9 Å². The van der Waals surface area contributed by atoms with Crippen LogP contribution in [0.5, 0.6) is 0 Å². The molecule has 0 aliphatic carbocycles. The van der Waals surface area contributed by atoms with Gasteiger partial charge in [0.2, 0.25) is 0 Å². The second-order valence-corrected chi connectivity index (χ2v) is 7.48. The summed E-state index contributed by atoms with van der Waals surface area (Å²) in [5.74, 6) is 2.33. The molecule has 23 heavy (non-hydrogen) atoms. The first-order chi connectivity index (χ1) is 10.9. The molecule has 2 amide bonds. The van der Waals surface area contributed by atoms with Crippen LogP contribution >= 0.6 is 11.8 Å². The van der Waals surface area contributed by atoms with Crippen molar-refractivity contribution in [2.45, 2.75) is 32.8 Å². The van der Waals surface area contributed by atoms with Crippen LogP contribution in [0.1, 0.15) is 25.8 Å². The van der Waals surface area contributed by atoms with Gasteiger partial charge in [-0.2, -0.15) is 11.8 Å². The number of aryl methyl sites for hydroxylation is 1. The summed E-state index contributed by atoms with van der Waals surface area (Å²) < 4.78 is 0. The summed E-state index contributed by atoms with van der Waals surface area (Å²) in [6, 6.07) is 5.71. The van der Waals surface area contributed by atoms with E-state index in [1.54, 1.807) is 6.92 Å². The summed E-state index contributed by atoms with van der Waals surface area (Å²) in [6.45, 7) is 8.06. The first-order valence-corrected chi connectivity index (χ1v) is 9.27. The van der Waals surface area contributed by atoms with Crippen molar-refractivity contribution < 1.29 is 9.90 Å². The summed E-state index contributed by atoms with van der Waals surface area (Å²) in [5, 5.41) is 15.4. The van der Waals surface area contributed by atoms with E-state index in [2.05, 4.69) is 28.5 Å². The number of thioether (sulfide) groups is 1. The second kappa shape index (κ2) is 7.93. The van der Waals surface area contributed by atoms with E-state index in [9.17, 15) is 9.90 Å². The number of carbonyl (C=O) groups is 1. The first-order valence-electron chi connectivity index (χ1n) is 8.12. The minimum atomic E-state index is -0.872. The molecule has 1 saturated heterocycles. The minimum Gasteiger partial charge on any atom is -0.388 e. The number of rotatable bonds is 5. The molecule has 3 N–H and O–H groups in total. The fraction of sp³-hybridized carbons (Fsp3) is 0.588. The lowest BCUT2D eigenvalue weighted by atomic mass is 10.0. The van der Waals surface area contributed by atoms with Crippen LogP contribution in [0.25, 0.3) is 0 Å². The molecule has 0 unspecified atom stereocenters. The van der Waals surface area contributed by atoms with Gasteiger partial charge in [0.1, 0.15) is 0 Å². The maximum Gasteiger partial charge on any atom is 0.319 e. The van der Waals surface area contributed by atoms with Crippen LogP contribution in [-0.2, 0) is 0 Å². The number of aliphatic hydroxyl groups is 1. The highest BCUT2D eigenvalue weighted by Gasteiger charge is 2.18. The largest absolute Gasteiger partial charge is 0.388 e. The van der Waals surface area contributed by atoms with E-state index in [0.29, 0.717) is 6.42 Å². The van der Waals surface area contributed by atoms with E-state index >= 15 is 0 Å². The molecule has 1 atom stereocenters. The molecule has 5 nitrogen and oxygen atoms in total. The molecule has 1 aromatic rings. The van der Waals surface area contributed by atoms with Crippen LogP contribution in [0.4, 0.5) is 16.2 Å². The maximum atomic E-state index is 11.9. The summed E-state index contributed by atoms with van der Waals surface area (Å²) in [6.07, 6.45) is 0.592. The highest BCUT2D eigenvalue weighted by molar-refractivity contribution is 7.99. The standard InChI is InChI=1S/C17H27N3O2S/c1-4-17(3,22)12-18-16(21)19-14-5-6-15(13(2)11-14)20-7-9-23-10-8-20/h5-6,11,22H,4,7-10,12H2,1-3H3,(H2,18,19,21)/t17-/m0/s1. The predicted octanol–water partition coefficient (Wildman–Crippen LogP) is 2.83.